The fraction of sp³-hybridized carbons (Fsp3) is 0.286. The van der Waals surface area contributed by atoms with Gasteiger partial charge in [0, 0.05) is 16.6 Å². The van der Waals surface area contributed by atoms with Crippen molar-refractivity contribution in [2.24, 2.45) is 0 Å². The third-order valence-electron chi connectivity index (χ3n) is 4.65. The standard InChI is InChI=1S/C21H22Cl2N2O3S/c22-17-11-18(23)13-19(12-17)25(29(27,28)20-9-5-2-6-10-20)15-21(26)24-14-16-7-3-1-4-8-16/h2,5-7,9-13H,1,3-4,8,14-15H2,(H,24,26). The summed E-state index contributed by atoms with van der Waals surface area (Å²) in [4.78, 5) is 12.7. The van der Waals surface area contributed by atoms with Gasteiger partial charge >= 0.3 is 0 Å². The molecule has 2 aromatic rings. The van der Waals surface area contributed by atoms with Crippen molar-refractivity contribution in [3.8, 4) is 0 Å². The molecule has 1 amide bonds. The minimum atomic E-state index is -3.99. The van der Waals surface area contributed by atoms with Crippen molar-refractivity contribution in [2.45, 2.75) is 30.6 Å². The van der Waals surface area contributed by atoms with Crippen molar-refractivity contribution in [2.75, 3.05) is 17.4 Å². The minimum absolute atomic E-state index is 0.0823. The third kappa shape index (κ3) is 5.75. The average molecular weight is 453 g/mol. The summed E-state index contributed by atoms with van der Waals surface area (Å²) < 4.78 is 27.5. The number of benzene rings is 2. The molecule has 0 radical (unpaired) electrons. The van der Waals surface area contributed by atoms with Crippen molar-refractivity contribution >= 4 is 44.8 Å². The number of amides is 1. The highest BCUT2D eigenvalue weighted by atomic mass is 35.5. The van der Waals surface area contributed by atoms with Crippen molar-refractivity contribution in [1.29, 1.82) is 0 Å². The molecule has 0 unspecified atom stereocenters. The first-order valence-corrected chi connectivity index (χ1v) is 11.5. The summed E-state index contributed by atoms with van der Waals surface area (Å²) in [7, 11) is -3.99. The van der Waals surface area contributed by atoms with Crippen LogP contribution in [0.1, 0.15) is 25.7 Å². The molecule has 0 aliphatic heterocycles. The summed E-state index contributed by atoms with van der Waals surface area (Å²) in [5.41, 5.74) is 1.41. The van der Waals surface area contributed by atoms with Crippen LogP contribution in [0.25, 0.3) is 0 Å². The van der Waals surface area contributed by atoms with Gasteiger partial charge in [0.15, 0.2) is 0 Å². The van der Waals surface area contributed by atoms with Crippen LogP contribution in [0.2, 0.25) is 10.0 Å². The van der Waals surface area contributed by atoms with E-state index >= 15 is 0 Å². The zero-order chi connectivity index (χ0) is 20.9. The number of carbonyl (C=O) groups excluding carboxylic acids is 1. The lowest BCUT2D eigenvalue weighted by molar-refractivity contribution is -0.119. The number of anilines is 1. The predicted octanol–water partition coefficient (Wildman–Crippen LogP) is 4.81. The summed E-state index contributed by atoms with van der Waals surface area (Å²) in [6.07, 6.45) is 6.38. The van der Waals surface area contributed by atoms with E-state index in [4.69, 9.17) is 23.2 Å². The Balaban J connectivity index is 1.86. The van der Waals surface area contributed by atoms with E-state index in [0.717, 1.165) is 30.0 Å². The number of sulfonamides is 1. The Morgan fingerprint density at radius 2 is 1.72 bits per heavy atom. The molecule has 3 rings (SSSR count). The number of rotatable bonds is 7. The number of hydrogen-bond acceptors (Lipinski definition) is 3. The molecule has 5 nitrogen and oxygen atoms in total. The average Bonchev–Trinajstić information content (AvgIpc) is 2.71. The van der Waals surface area contributed by atoms with E-state index in [2.05, 4.69) is 11.4 Å². The molecule has 0 fully saturated rings. The first kappa shape index (κ1) is 21.7. The Hall–Kier alpha value is -2.02. The fourth-order valence-corrected chi connectivity index (χ4v) is 5.12. The number of hydrogen-bond donors (Lipinski definition) is 1. The van der Waals surface area contributed by atoms with Gasteiger partial charge in [0.2, 0.25) is 5.91 Å². The maximum atomic E-state index is 13.2. The van der Waals surface area contributed by atoms with E-state index in [1.165, 1.54) is 35.9 Å². The van der Waals surface area contributed by atoms with Crippen LogP contribution in [-0.4, -0.2) is 27.4 Å². The second kappa shape index (κ2) is 9.65. The SMILES string of the molecule is O=C(CN(c1cc(Cl)cc(Cl)c1)S(=O)(=O)c1ccccc1)NCC1=CCCCC1. The maximum absolute atomic E-state index is 13.2. The van der Waals surface area contributed by atoms with E-state index in [-0.39, 0.29) is 27.2 Å². The van der Waals surface area contributed by atoms with Crippen LogP contribution in [-0.2, 0) is 14.8 Å². The van der Waals surface area contributed by atoms with Gasteiger partial charge in [-0.15, -0.1) is 0 Å². The molecule has 1 aliphatic rings. The quantitative estimate of drug-likeness (QED) is 0.613. The van der Waals surface area contributed by atoms with Crippen LogP contribution in [0.15, 0.2) is 65.1 Å². The van der Waals surface area contributed by atoms with Gasteiger partial charge in [-0.1, -0.05) is 53.1 Å². The Bertz CT molecular complexity index is 988. The fourth-order valence-electron chi connectivity index (χ4n) is 3.18. The summed E-state index contributed by atoms with van der Waals surface area (Å²) >= 11 is 12.2. The lowest BCUT2D eigenvalue weighted by Gasteiger charge is -2.25. The van der Waals surface area contributed by atoms with Crippen LogP contribution < -0.4 is 9.62 Å². The van der Waals surface area contributed by atoms with Gasteiger partial charge in [0.05, 0.1) is 10.6 Å². The predicted molar refractivity (Wildman–Crippen MR) is 117 cm³/mol. The number of halogens is 2. The normalized spacial score (nSPS) is 14.2. The Morgan fingerprint density at radius 1 is 1.03 bits per heavy atom. The molecule has 0 saturated heterocycles. The van der Waals surface area contributed by atoms with Gasteiger partial charge in [-0.3, -0.25) is 9.10 Å². The first-order chi connectivity index (χ1) is 13.9. The van der Waals surface area contributed by atoms with Crippen LogP contribution >= 0.6 is 23.2 Å². The molecule has 1 aliphatic carbocycles. The molecular formula is C21H22Cl2N2O3S. The van der Waals surface area contributed by atoms with Crippen LogP contribution in [0.5, 0.6) is 0 Å². The highest BCUT2D eigenvalue weighted by Crippen LogP contribution is 2.29. The van der Waals surface area contributed by atoms with Gasteiger partial charge < -0.3 is 5.32 Å². The Labute approximate surface area is 181 Å². The van der Waals surface area contributed by atoms with E-state index in [1.807, 2.05) is 0 Å². The monoisotopic (exact) mass is 452 g/mol. The summed E-state index contributed by atoms with van der Waals surface area (Å²) in [5.74, 6) is -0.396. The summed E-state index contributed by atoms with van der Waals surface area (Å²) in [5, 5.41) is 3.40. The molecule has 2 aromatic carbocycles. The molecule has 8 heteroatoms. The lowest BCUT2D eigenvalue weighted by atomic mass is 10.00. The minimum Gasteiger partial charge on any atom is -0.351 e. The molecule has 0 bridgehead atoms. The molecule has 0 atom stereocenters. The van der Waals surface area contributed by atoms with Crippen LogP contribution in [0.4, 0.5) is 5.69 Å². The zero-order valence-corrected chi connectivity index (χ0v) is 18.1. The van der Waals surface area contributed by atoms with E-state index in [0.29, 0.717) is 6.54 Å². The Kier molecular flexibility index (Phi) is 7.22. The number of allylic oxidation sites excluding steroid dienone is 1. The maximum Gasteiger partial charge on any atom is 0.264 e. The van der Waals surface area contributed by atoms with E-state index in [1.54, 1.807) is 18.2 Å². The molecule has 0 spiro atoms. The highest BCUT2D eigenvalue weighted by Gasteiger charge is 2.27. The molecule has 0 heterocycles. The van der Waals surface area contributed by atoms with Gasteiger partial charge in [0.1, 0.15) is 6.54 Å². The summed E-state index contributed by atoms with van der Waals surface area (Å²) in [6, 6.07) is 12.4. The number of carbonyl (C=O) groups is 1. The molecular weight excluding hydrogens is 431 g/mol. The van der Waals surface area contributed by atoms with Crippen LogP contribution in [0.3, 0.4) is 0 Å². The lowest BCUT2D eigenvalue weighted by Crippen LogP contribution is -2.41. The second-order valence-electron chi connectivity index (χ2n) is 6.84. The number of nitrogens with one attached hydrogen (secondary N) is 1. The summed E-state index contributed by atoms with van der Waals surface area (Å²) in [6.45, 7) is 0.0511. The molecule has 154 valence electrons. The van der Waals surface area contributed by atoms with Crippen molar-refractivity contribution in [3.05, 3.63) is 70.2 Å². The van der Waals surface area contributed by atoms with E-state index < -0.39 is 15.9 Å². The van der Waals surface area contributed by atoms with Crippen molar-refractivity contribution in [1.82, 2.24) is 5.32 Å². The Morgan fingerprint density at radius 3 is 2.34 bits per heavy atom. The van der Waals surface area contributed by atoms with Gasteiger partial charge in [0.25, 0.3) is 10.0 Å². The topological polar surface area (TPSA) is 66.5 Å². The smallest absolute Gasteiger partial charge is 0.264 e. The first-order valence-electron chi connectivity index (χ1n) is 9.35. The van der Waals surface area contributed by atoms with E-state index in [9.17, 15) is 13.2 Å². The largest absolute Gasteiger partial charge is 0.351 e. The molecule has 29 heavy (non-hydrogen) atoms. The molecule has 1 N–H and O–H groups in total. The van der Waals surface area contributed by atoms with Gasteiger partial charge in [-0.2, -0.15) is 0 Å². The van der Waals surface area contributed by atoms with Gasteiger partial charge in [-0.05, 0) is 56.0 Å². The second-order valence-corrected chi connectivity index (χ2v) is 9.57. The van der Waals surface area contributed by atoms with Crippen molar-refractivity contribution < 1.29 is 13.2 Å². The highest BCUT2D eigenvalue weighted by molar-refractivity contribution is 7.92. The molecule has 0 saturated carbocycles. The van der Waals surface area contributed by atoms with Crippen LogP contribution in [0, 0.1) is 0 Å². The zero-order valence-electron chi connectivity index (χ0n) is 15.8. The molecule has 0 aromatic heterocycles. The third-order valence-corrected chi connectivity index (χ3v) is 6.88. The number of nitrogens with zero attached hydrogens (tertiary/aromatic N) is 1. The van der Waals surface area contributed by atoms with Crippen molar-refractivity contribution in [3.63, 3.8) is 0 Å². The van der Waals surface area contributed by atoms with Gasteiger partial charge in [-0.25, -0.2) is 8.42 Å².